The number of nitrogens with zero attached hydrogens (tertiary/aromatic N) is 1. The molecule has 0 saturated carbocycles. The zero-order chi connectivity index (χ0) is 15.1. The molecule has 0 bridgehead atoms. The van der Waals surface area contributed by atoms with Crippen LogP contribution in [0.5, 0.6) is 0 Å². The summed E-state index contributed by atoms with van der Waals surface area (Å²) in [6.45, 7) is 2.20. The van der Waals surface area contributed by atoms with E-state index in [1.54, 1.807) is 0 Å². The molecule has 1 aromatic heterocycles. The van der Waals surface area contributed by atoms with Gasteiger partial charge in [-0.15, -0.1) is 0 Å². The molecule has 0 spiro atoms. The SMILES string of the molecule is Cc1cc2c(c(Cc3ccccc3)[n+]1C)Cc1ccccc1-2. The maximum Gasteiger partial charge on any atom is 0.189 e. The van der Waals surface area contributed by atoms with Crippen molar-refractivity contribution in [2.45, 2.75) is 19.8 Å². The first kappa shape index (κ1) is 13.3. The Kier molecular flexibility index (Phi) is 3.07. The summed E-state index contributed by atoms with van der Waals surface area (Å²) in [4.78, 5) is 0. The number of aryl methyl sites for hydroxylation is 1. The zero-order valence-corrected chi connectivity index (χ0v) is 13.1. The number of hydrogen-bond donors (Lipinski definition) is 0. The van der Waals surface area contributed by atoms with Crippen LogP contribution in [0.3, 0.4) is 0 Å². The van der Waals surface area contributed by atoms with Gasteiger partial charge in [0, 0.05) is 25.0 Å². The van der Waals surface area contributed by atoms with E-state index < -0.39 is 0 Å². The molecule has 1 aliphatic rings. The highest BCUT2D eigenvalue weighted by molar-refractivity contribution is 5.77. The minimum absolute atomic E-state index is 0.995. The minimum Gasteiger partial charge on any atom is -0.202 e. The normalized spacial score (nSPS) is 12.1. The largest absolute Gasteiger partial charge is 0.202 e. The second-order valence-electron chi connectivity index (χ2n) is 6.18. The quantitative estimate of drug-likeness (QED) is 0.491. The van der Waals surface area contributed by atoms with E-state index in [0.717, 1.165) is 12.8 Å². The molecule has 0 fully saturated rings. The van der Waals surface area contributed by atoms with Crippen LogP contribution in [0.4, 0.5) is 0 Å². The first-order valence-electron chi connectivity index (χ1n) is 7.87. The van der Waals surface area contributed by atoms with Crippen LogP contribution in [0, 0.1) is 6.92 Å². The van der Waals surface area contributed by atoms with Crippen molar-refractivity contribution in [1.29, 1.82) is 0 Å². The maximum absolute atomic E-state index is 2.36. The molecule has 1 nitrogen and oxygen atoms in total. The lowest BCUT2D eigenvalue weighted by molar-refractivity contribution is -0.685. The zero-order valence-electron chi connectivity index (χ0n) is 13.1. The topological polar surface area (TPSA) is 3.88 Å². The summed E-state index contributed by atoms with van der Waals surface area (Å²) in [6, 6.07) is 21.9. The predicted octanol–water partition coefficient (Wildman–Crippen LogP) is 3.98. The van der Waals surface area contributed by atoms with Crippen LogP contribution in [0.25, 0.3) is 11.1 Å². The van der Waals surface area contributed by atoms with Crippen LogP contribution in [-0.4, -0.2) is 0 Å². The first-order chi connectivity index (χ1) is 10.7. The fourth-order valence-corrected chi connectivity index (χ4v) is 3.54. The molecule has 22 heavy (non-hydrogen) atoms. The number of fused-ring (bicyclic) bond motifs is 3. The lowest BCUT2D eigenvalue weighted by Crippen LogP contribution is -2.38. The fourth-order valence-electron chi connectivity index (χ4n) is 3.54. The third-order valence-electron chi connectivity index (χ3n) is 4.85. The average molecular weight is 286 g/mol. The highest BCUT2D eigenvalue weighted by atomic mass is 14.9. The molecule has 108 valence electrons. The summed E-state index contributed by atoms with van der Waals surface area (Å²) in [5.74, 6) is 0. The lowest BCUT2D eigenvalue weighted by Gasteiger charge is -2.09. The van der Waals surface area contributed by atoms with Crippen molar-refractivity contribution in [1.82, 2.24) is 0 Å². The molecule has 0 radical (unpaired) electrons. The van der Waals surface area contributed by atoms with E-state index in [-0.39, 0.29) is 0 Å². The van der Waals surface area contributed by atoms with E-state index in [0.29, 0.717) is 0 Å². The van der Waals surface area contributed by atoms with Crippen LogP contribution < -0.4 is 4.57 Å². The standard InChI is InChI=1S/C21H20N/c1-15-12-19-18-11-7-6-10-17(18)14-20(19)21(22(15)2)13-16-8-4-3-5-9-16/h3-12H,13-14H2,1-2H3/q+1. The Labute approximate surface area is 131 Å². The Bertz CT molecular complexity index is 847. The van der Waals surface area contributed by atoms with Crippen molar-refractivity contribution < 1.29 is 4.57 Å². The summed E-state index contributed by atoms with van der Waals surface area (Å²) in [5.41, 5.74) is 9.93. The Balaban J connectivity index is 1.88. The van der Waals surface area contributed by atoms with Gasteiger partial charge in [-0.3, -0.25) is 0 Å². The predicted molar refractivity (Wildman–Crippen MR) is 89.8 cm³/mol. The second kappa shape index (κ2) is 5.10. The third-order valence-corrected chi connectivity index (χ3v) is 4.85. The molecule has 0 aliphatic heterocycles. The van der Waals surface area contributed by atoms with Gasteiger partial charge in [0.15, 0.2) is 11.4 Å². The van der Waals surface area contributed by atoms with Crippen molar-refractivity contribution in [3.63, 3.8) is 0 Å². The highest BCUT2D eigenvalue weighted by Gasteiger charge is 2.27. The highest BCUT2D eigenvalue weighted by Crippen LogP contribution is 2.38. The van der Waals surface area contributed by atoms with Gasteiger partial charge in [0.2, 0.25) is 0 Å². The summed E-state index contributed by atoms with van der Waals surface area (Å²) < 4.78 is 2.36. The minimum atomic E-state index is 0.995. The average Bonchev–Trinajstić information content (AvgIpc) is 2.91. The molecule has 0 amide bonds. The molecule has 4 rings (SSSR count). The van der Waals surface area contributed by atoms with Gasteiger partial charge < -0.3 is 0 Å². The van der Waals surface area contributed by atoms with E-state index in [1.807, 2.05) is 0 Å². The molecule has 0 N–H and O–H groups in total. The molecule has 0 unspecified atom stereocenters. The van der Waals surface area contributed by atoms with E-state index in [2.05, 4.69) is 79.2 Å². The Hall–Kier alpha value is -2.41. The maximum atomic E-state index is 2.36. The number of hydrogen-bond acceptors (Lipinski definition) is 0. The van der Waals surface area contributed by atoms with Gasteiger partial charge in [-0.1, -0.05) is 54.6 Å². The van der Waals surface area contributed by atoms with Crippen LogP contribution in [-0.2, 0) is 19.9 Å². The van der Waals surface area contributed by atoms with Crippen LogP contribution in [0.1, 0.15) is 28.1 Å². The lowest BCUT2D eigenvalue weighted by atomic mass is 9.99. The summed E-state index contributed by atoms with van der Waals surface area (Å²) in [5, 5.41) is 0. The molecule has 3 aromatic rings. The summed E-state index contributed by atoms with van der Waals surface area (Å²) in [7, 11) is 2.19. The van der Waals surface area contributed by atoms with Crippen LogP contribution >= 0.6 is 0 Å². The van der Waals surface area contributed by atoms with Gasteiger partial charge in [0.05, 0.1) is 6.42 Å². The van der Waals surface area contributed by atoms with Gasteiger partial charge in [-0.05, 0) is 22.3 Å². The van der Waals surface area contributed by atoms with Crippen LogP contribution in [0.15, 0.2) is 60.7 Å². The van der Waals surface area contributed by atoms with Crippen molar-refractivity contribution >= 4 is 0 Å². The van der Waals surface area contributed by atoms with Crippen molar-refractivity contribution in [2.24, 2.45) is 7.05 Å². The third kappa shape index (κ3) is 2.05. The van der Waals surface area contributed by atoms with Gasteiger partial charge in [-0.25, -0.2) is 4.57 Å². The summed E-state index contributed by atoms with van der Waals surface area (Å²) in [6.07, 6.45) is 2.05. The van der Waals surface area contributed by atoms with E-state index in [4.69, 9.17) is 0 Å². The van der Waals surface area contributed by atoms with Crippen molar-refractivity contribution in [3.8, 4) is 11.1 Å². The number of aromatic nitrogens is 1. The number of pyridine rings is 1. The van der Waals surface area contributed by atoms with Crippen LogP contribution in [0.2, 0.25) is 0 Å². The summed E-state index contributed by atoms with van der Waals surface area (Å²) >= 11 is 0. The molecule has 1 heteroatoms. The van der Waals surface area contributed by atoms with E-state index in [1.165, 1.54) is 39.2 Å². The molecular formula is C21H20N+. The van der Waals surface area contributed by atoms with E-state index >= 15 is 0 Å². The number of benzene rings is 2. The Morgan fingerprint density at radius 1 is 0.909 bits per heavy atom. The molecule has 1 aliphatic carbocycles. The van der Waals surface area contributed by atoms with Gasteiger partial charge in [-0.2, -0.15) is 0 Å². The molecule has 2 aromatic carbocycles. The van der Waals surface area contributed by atoms with Gasteiger partial charge in [0.25, 0.3) is 0 Å². The smallest absolute Gasteiger partial charge is 0.189 e. The Morgan fingerprint density at radius 2 is 1.64 bits per heavy atom. The van der Waals surface area contributed by atoms with E-state index in [9.17, 15) is 0 Å². The molecule has 1 heterocycles. The van der Waals surface area contributed by atoms with Crippen molar-refractivity contribution in [2.75, 3.05) is 0 Å². The second-order valence-corrected chi connectivity index (χ2v) is 6.18. The monoisotopic (exact) mass is 286 g/mol. The van der Waals surface area contributed by atoms with Gasteiger partial charge in [0.1, 0.15) is 7.05 Å². The molecule has 0 atom stereocenters. The van der Waals surface area contributed by atoms with Crippen molar-refractivity contribution in [3.05, 3.63) is 88.7 Å². The van der Waals surface area contributed by atoms with Gasteiger partial charge >= 0.3 is 0 Å². The fraction of sp³-hybridized carbons (Fsp3) is 0.190. The number of rotatable bonds is 2. The molecule has 0 saturated heterocycles. The molecular weight excluding hydrogens is 266 g/mol. The Morgan fingerprint density at radius 3 is 2.45 bits per heavy atom. The first-order valence-corrected chi connectivity index (χ1v) is 7.87.